The van der Waals surface area contributed by atoms with Crippen molar-refractivity contribution in [1.29, 1.82) is 0 Å². The number of ether oxygens (including phenoxy) is 1. The quantitative estimate of drug-likeness (QED) is 0.422. The molecule has 8 heteroatoms. The van der Waals surface area contributed by atoms with Crippen molar-refractivity contribution in [2.45, 2.75) is 13.3 Å². The Labute approximate surface area is 191 Å². The zero-order chi connectivity index (χ0) is 22.2. The van der Waals surface area contributed by atoms with Gasteiger partial charge in [0.2, 0.25) is 0 Å². The number of hydrogen-bond donors (Lipinski definition) is 2. The first kappa shape index (κ1) is 19.8. The first-order valence-electron chi connectivity index (χ1n) is 11.3. The van der Waals surface area contributed by atoms with Crippen molar-refractivity contribution in [3.05, 3.63) is 66.7 Å². The highest BCUT2D eigenvalue weighted by atomic mass is 16.5. The Bertz CT molecular complexity index is 1410. The van der Waals surface area contributed by atoms with E-state index in [0.29, 0.717) is 0 Å². The molecule has 0 amide bonds. The van der Waals surface area contributed by atoms with Crippen LogP contribution in [0.2, 0.25) is 0 Å². The zero-order valence-electron chi connectivity index (χ0n) is 18.5. The number of aryl methyl sites for hydroxylation is 1. The van der Waals surface area contributed by atoms with Gasteiger partial charge in [-0.2, -0.15) is 5.10 Å². The molecule has 0 atom stereocenters. The standard InChI is InChI=1S/C25H25N7O/c1-2-22-23(17-3-4-18-16-27-30-21(18)15-17)29-24(25-26-9-10-32(22)25)28-19-5-7-20(8-6-19)31-11-13-33-14-12-31/h3-10,15-16H,2,11-14H2,1H3,(H,27,30)(H,28,29). The molecule has 0 unspecified atom stereocenters. The van der Waals surface area contributed by atoms with Gasteiger partial charge in [-0.3, -0.25) is 9.50 Å². The van der Waals surface area contributed by atoms with Gasteiger partial charge in [-0.15, -0.1) is 0 Å². The van der Waals surface area contributed by atoms with E-state index in [-0.39, 0.29) is 0 Å². The lowest BCUT2D eigenvalue weighted by Crippen LogP contribution is -2.36. The van der Waals surface area contributed by atoms with E-state index in [4.69, 9.17) is 9.72 Å². The van der Waals surface area contributed by atoms with Gasteiger partial charge in [0, 0.05) is 47.8 Å². The van der Waals surface area contributed by atoms with Gasteiger partial charge in [-0.25, -0.2) is 9.97 Å². The second-order valence-corrected chi connectivity index (χ2v) is 8.17. The summed E-state index contributed by atoms with van der Waals surface area (Å²) in [4.78, 5) is 12.0. The van der Waals surface area contributed by atoms with Crippen molar-refractivity contribution < 1.29 is 4.74 Å². The van der Waals surface area contributed by atoms with Crippen LogP contribution in [0.1, 0.15) is 12.6 Å². The molecule has 3 aromatic heterocycles. The summed E-state index contributed by atoms with van der Waals surface area (Å²) in [5, 5.41) is 11.8. The van der Waals surface area contributed by atoms with Gasteiger partial charge in [0.1, 0.15) is 0 Å². The number of fused-ring (bicyclic) bond motifs is 2. The fourth-order valence-corrected chi connectivity index (χ4v) is 4.49. The van der Waals surface area contributed by atoms with Crippen LogP contribution in [0, 0.1) is 0 Å². The number of anilines is 3. The van der Waals surface area contributed by atoms with Gasteiger partial charge in [-0.05, 0) is 36.8 Å². The molecular formula is C25H25N7O. The van der Waals surface area contributed by atoms with Crippen molar-refractivity contribution in [3.63, 3.8) is 0 Å². The number of hydrogen-bond acceptors (Lipinski definition) is 6. The van der Waals surface area contributed by atoms with E-state index in [0.717, 1.165) is 77.7 Å². The van der Waals surface area contributed by atoms with E-state index in [2.05, 4.69) is 79.2 Å². The summed E-state index contributed by atoms with van der Waals surface area (Å²) >= 11 is 0. The van der Waals surface area contributed by atoms with Crippen molar-refractivity contribution in [2.75, 3.05) is 36.5 Å². The highest BCUT2D eigenvalue weighted by Gasteiger charge is 2.17. The van der Waals surface area contributed by atoms with Crippen LogP contribution in [0.4, 0.5) is 17.2 Å². The molecule has 2 N–H and O–H groups in total. The molecule has 2 aromatic carbocycles. The van der Waals surface area contributed by atoms with Gasteiger partial charge in [-0.1, -0.05) is 19.1 Å². The lowest BCUT2D eigenvalue weighted by Gasteiger charge is -2.28. The molecule has 0 radical (unpaired) electrons. The lowest BCUT2D eigenvalue weighted by molar-refractivity contribution is 0.122. The maximum Gasteiger partial charge on any atom is 0.180 e. The van der Waals surface area contributed by atoms with Crippen LogP contribution in [0.5, 0.6) is 0 Å². The summed E-state index contributed by atoms with van der Waals surface area (Å²) < 4.78 is 7.59. The first-order valence-corrected chi connectivity index (χ1v) is 11.3. The van der Waals surface area contributed by atoms with Crippen LogP contribution in [-0.4, -0.2) is 50.9 Å². The van der Waals surface area contributed by atoms with E-state index < -0.39 is 0 Å². The Balaban J connectivity index is 1.39. The Morgan fingerprint density at radius 1 is 1.09 bits per heavy atom. The normalized spacial score (nSPS) is 14.3. The number of nitrogens with one attached hydrogen (secondary N) is 2. The fourth-order valence-electron chi connectivity index (χ4n) is 4.49. The number of benzene rings is 2. The van der Waals surface area contributed by atoms with Crippen molar-refractivity contribution in [2.24, 2.45) is 0 Å². The molecule has 1 aliphatic heterocycles. The fraction of sp³-hybridized carbons (Fsp3) is 0.240. The number of H-pyrrole nitrogens is 1. The van der Waals surface area contributed by atoms with E-state index in [1.165, 1.54) is 5.69 Å². The Morgan fingerprint density at radius 2 is 1.94 bits per heavy atom. The number of nitrogens with zero attached hydrogens (tertiary/aromatic N) is 5. The number of aromatic nitrogens is 5. The summed E-state index contributed by atoms with van der Waals surface area (Å²) in [6, 6.07) is 14.8. The summed E-state index contributed by atoms with van der Waals surface area (Å²) in [5.41, 5.74) is 7.10. The van der Waals surface area contributed by atoms with Crippen LogP contribution < -0.4 is 10.2 Å². The molecule has 0 spiro atoms. The average molecular weight is 440 g/mol. The smallest absolute Gasteiger partial charge is 0.180 e. The number of rotatable bonds is 5. The Morgan fingerprint density at radius 3 is 2.76 bits per heavy atom. The molecule has 0 bridgehead atoms. The van der Waals surface area contributed by atoms with Gasteiger partial charge in [0.15, 0.2) is 11.5 Å². The second kappa shape index (κ2) is 8.22. The minimum atomic E-state index is 0.732. The van der Waals surface area contributed by atoms with E-state index in [1.807, 2.05) is 18.6 Å². The average Bonchev–Trinajstić information content (AvgIpc) is 3.54. The molecule has 8 nitrogen and oxygen atoms in total. The predicted molar refractivity (Wildman–Crippen MR) is 130 cm³/mol. The first-order chi connectivity index (χ1) is 16.3. The molecule has 1 aliphatic rings. The maximum absolute atomic E-state index is 5.47. The van der Waals surface area contributed by atoms with Crippen LogP contribution >= 0.6 is 0 Å². The summed E-state index contributed by atoms with van der Waals surface area (Å²) in [6.07, 6.45) is 6.50. The Hall–Kier alpha value is -3.91. The summed E-state index contributed by atoms with van der Waals surface area (Å²) in [6.45, 7) is 5.54. The SMILES string of the molecule is CCc1c(-c2ccc3cn[nH]c3c2)nc(Nc2ccc(N3CCOCC3)cc2)c2nccn12. The Kier molecular flexibility index (Phi) is 4.92. The van der Waals surface area contributed by atoms with Crippen LogP contribution in [0.15, 0.2) is 61.1 Å². The molecule has 0 saturated carbocycles. The molecule has 4 heterocycles. The second-order valence-electron chi connectivity index (χ2n) is 8.17. The third-order valence-corrected chi connectivity index (χ3v) is 6.20. The van der Waals surface area contributed by atoms with Crippen LogP contribution in [0.3, 0.4) is 0 Å². The molecule has 1 saturated heterocycles. The van der Waals surface area contributed by atoms with E-state index in [1.54, 1.807) is 0 Å². The number of aromatic amines is 1. The molecule has 5 aromatic rings. The zero-order valence-corrected chi connectivity index (χ0v) is 18.5. The lowest BCUT2D eigenvalue weighted by atomic mass is 10.1. The monoisotopic (exact) mass is 439 g/mol. The number of morpholine rings is 1. The highest BCUT2D eigenvalue weighted by molar-refractivity contribution is 5.84. The summed E-state index contributed by atoms with van der Waals surface area (Å²) in [5.74, 6) is 0.732. The van der Waals surface area contributed by atoms with Crippen molar-refractivity contribution in [1.82, 2.24) is 24.6 Å². The van der Waals surface area contributed by atoms with Gasteiger partial charge < -0.3 is 15.0 Å². The molecule has 6 rings (SSSR count). The largest absolute Gasteiger partial charge is 0.378 e. The van der Waals surface area contributed by atoms with E-state index >= 15 is 0 Å². The minimum Gasteiger partial charge on any atom is -0.378 e. The van der Waals surface area contributed by atoms with Crippen LogP contribution in [0.25, 0.3) is 27.8 Å². The van der Waals surface area contributed by atoms with Gasteiger partial charge >= 0.3 is 0 Å². The van der Waals surface area contributed by atoms with Gasteiger partial charge in [0.25, 0.3) is 0 Å². The predicted octanol–water partition coefficient (Wildman–Crippen LogP) is 4.42. The van der Waals surface area contributed by atoms with Crippen LogP contribution in [-0.2, 0) is 11.2 Å². The highest BCUT2D eigenvalue weighted by Crippen LogP contribution is 2.30. The number of imidazole rings is 1. The summed E-state index contributed by atoms with van der Waals surface area (Å²) in [7, 11) is 0. The van der Waals surface area contributed by atoms with Crippen molar-refractivity contribution >= 4 is 33.7 Å². The minimum absolute atomic E-state index is 0.732. The molecule has 33 heavy (non-hydrogen) atoms. The van der Waals surface area contributed by atoms with Crippen molar-refractivity contribution in [3.8, 4) is 11.3 Å². The topological polar surface area (TPSA) is 83.4 Å². The molecule has 1 fully saturated rings. The molecule has 166 valence electrons. The molecular weight excluding hydrogens is 414 g/mol. The van der Waals surface area contributed by atoms with Gasteiger partial charge in [0.05, 0.1) is 36.3 Å². The molecule has 0 aliphatic carbocycles. The maximum atomic E-state index is 5.47. The third-order valence-electron chi connectivity index (χ3n) is 6.20. The third kappa shape index (κ3) is 3.58. The van der Waals surface area contributed by atoms with E-state index in [9.17, 15) is 0 Å².